The number of ether oxygens (including phenoxy) is 4. The van der Waals surface area contributed by atoms with Crippen molar-refractivity contribution in [2.45, 2.75) is 19.8 Å². The number of carbonyl (C=O) groups excluding carboxylic acids is 2. The number of benzene rings is 2. The van der Waals surface area contributed by atoms with Crippen molar-refractivity contribution < 1.29 is 28.5 Å². The van der Waals surface area contributed by atoms with E-state index < -0.39 is 17.9 Å². The third-order valence-corrected chi connectivity index (χ3v) is 4.74. The Bertz CT molecular complexity index is 1020. The van der Waals surface area contributed by atoms with Crippen molar-refractivity contribution in [3.05, 3.63) is 48.0 Å². The first-order valence-corrected chi connectivity index (χ1v) is 9.71. The molecule has 1 aromatic heterocycles. The van der Waals surface area contributed by atoms with E-state index in [0.717, 1.165) is 5.56 Å². The van der Waals surface area contributed by atoms with Gasteiger partial charge in [-0.3, -0.25) is 9.59 Å². The van der Waals surface area contributed by atoms with Crippen LogP contribution in [0.25, 0.3) is 22.2 Å². The van der Waals surface area contributed by atoms with Crippen LogP contribution < -0.4 is 9.47 Å². The van der Waals surface area contributed by atoms with Gasteiger partial charge in [0.15, 0.2) is 17.4 Å². The number of hydrogen-bond donors (Lipinski definition) is 1. The number of aromatic amines is 1. The van der Waals surface area contributed by atoms with Gasteiger partial charge in [-0.05, 0) is 25.5 Å². The van der Waals surface area contributed by atoms with E-state index in [9.17, 15) is 9.59 Å². The molecule has 0 saturated carbocycles. The largest absolute Gasteiger partial charge is 0.493 e. The lowest BCUT2D eigenvalue weighted by atomic mass is 9.93. The highest BCUT2D eigenvalue weighted by atomic mass is 16.6. The van der Waals surface area contributed by atoms with Gasteiger partial charge in [-0.2, -0.15) is 0 Å². The van der Waals surface area contributed by atoms with Crippen LogP contribution in [0.15, 0.2) is 42.5 Å². The highest BCUT2D eigenvalue weighted by Gasteiger charge is 2.36. The van der Waals surface area contributed by atoms with Gasteiger partial charge >= 0.3 is 11.9 Å². The number of rotatable bonds is 8. The Balaban J connectivity index is 2.34. The number of carbonyl (C=O) groups is 2. The van der Waals surface area contributed by atoms with Gasteiger partial charge in [0.1, 0.15) is 0 Å². The van der Waals surface area contributed by atoms with Gasteiger partial charge < -0.3 is 23.9 Å². The highest BCUT2D eigenvalue weighted by molar-refractivity contribution is 6.08. The molecule has 0 unspecified atom stereocenters. The number of methoxy groups -OCH3 is 2. The molecule has 0 saturated heterocycles. The molecule has 7 heteroatoms. The second-order valence-electron chi connectivity index (χ2n) is 6.47. The van der Waals surface area contributed by atoms with Crippen molar-refractivity contribution in [2.24, 2.45) is 0 Å². The fourth-order valence-corrected chi connectivity index (χ4v) is 3.46. The van der Waals surface area contributed by atoms with E-state index >= 15 is 0 Å². The molecule has 3 aromatic rings. The van der Waals surface area contributed by atoms with E-state index in [1.807, 2.05) is 30.3 Å². The summed E-state index contributed by atoms with van der Waals surface area (Å²) in [5.74, 6) is -1.56. The molecule has 1 heterocycles. The first-order valence-electron chi connectivity index (χ1n) is 9.71. The predicted octanol–water partition coefficient (Wildman–Crippen LogP) is 4.06. The number of hydrogen-bond acceptors (Lipinski definition) is 6. The fraction of sp³-hybridized carbons (Fsp3) is 0.304. The zero-order valence-corrected chi connectivity index (χ0v) is 17.5. The number of fused-ring (bicyclic) bond motifs is 1. The minimum Gasteiger partial charge on any atom is -0.493 e. The van der Waals surface area contributed by atoms with Crippen LogP contribution in [-0.4, -0.2) is 44.4 Å². The van der Waals surface area contributed by atoms with Gasteiger partial charge in [0.25, 0.3) is 0 Å². The van der Waals surface area contributed by atoms with Crippen LogP contribution in [-0.2, 0) is 19.1 Å². The summed E-state index contributed by atoms with van der Waals surface area (Å²) in [7, 11) is 3.08. The molecule has 0 bridgehead atoms. The smallest absolute Gasteiger partial charge is 0.324 e. The average Bonchev–Trinajstić information content (AvgIpc) is 3.12. The van der Waals surface area contributed by atoms with Crippen LogP contribution >= 0.6 is 0 Å². The summed E-state index contributed by atoms with van der Waals surface area (Å²) in [5.41, 5.74) is 2.63. The summed E-state index contributed by atoms with van der Waals surface area (Å²) < 4.78 is 21.3. The maximum atomic E-state index is 12.9. The minimum absolute atomic E-state index is 0.148. The molecule has 158 valence electrons. The highest BCUT2D eigenvalue weighted by Crippen LogP contribution is 2.41. The van der Waals surface area contributed by atoms with Crippen molar-refractivity contribution in [3.63, 3.8) is 0 Å². The predicted molar refractivity (Wildman–Crippen MR) is 113 cm³/mol. The third-order valence-electron chi connectivity index (χ3n) is 4.74. The summed E-state index contributed by atoms with van der Waals surface area (Å²) in [6.07, 6.45) is 0. The van der Waals surface area contributed by atoms with Crippen molar-refractivity contribution in [1.82, 2.24) is 4.98 Å². The summed E-state index contributed by atoms with van der Waals surface area (Å²) in [5, 5.41) is 0.651. The molecule has 0 spiro atoms. The van der Waals surface area contributed by atoms with Crippen molar-refractivity contribution in [1.29, 1.82) is 0 Å². The number of aromatic nitrogens is 1. The van der Waals surface area contributed by atoms with Gasteiger partial charge in [-0.1, -0.05) is 30.3 Å². The Morgan fingerprint density at radius 2 is 1.47 bits per heavy atom. The Morgan fingerprint density at radius 1 is 0.900 bits per heavy atom. The monoisotopic (exact) mass is 411 g/mol. The van der Waals surface area contributed by atoms with Crippen molar-refractivity contribution in [2.75, 3.05) is 27.4 Å². The number of H-pyrrole nitrogens is 1. The van der Waals surface area contributed by atoms with Crippen LogP contribution in [0.3, 0.4) is 0 Å². The molecule has 0 radical (unpaired) electrons. The average molecular weight is 411 g/mol. The Labute approximate surface area is 174 Å². The van der Waals surface area contributed by atoms with Crippen LogP contribution in [0.4, 0.5) is 0 Å². The number of esters is 2. The minimum atomic E-state index is -1.24. The third kappa shape index (κ3) is 3.96. The van der Waals surface area contributed by atoms with Gasteiger partial charge in [-0.25, -0.2) is 0 Å². The molecule has 0 aliphatic carbocycles. The quantitative estimate of drug-likeness (QED) is 0.444. The van der Waals surface area contributed by atoms with Crippen molar-refractivity contribution >= 4 is 22.8 Å². The Morgan fingerprint density at radius 3 is 2.00 bits per heavy atom. The lowest BCUT2D eigenvalue weighted by Crippen LogP contribution is -2.26. The maximum absolute atomic E-state index is 12.9. The van der Waals surface area contributed by atoms with Gasteiger partial charge in [-0.15, -0.1) is 0 Å². The summed E-state index contributed by atoms with van der Waals surface area (Å²) in [6.45, 7) is 3.69. The molecule has 0 amide bonds. The molecular formula is C23H25NO6. The van der Waals surface area contributed by atoms with Crippen LogP contribution in [0.2, 0.25) is 0 Å². The zero-order chi connectivity index (χ0) is 21.7. The van der Waals surface area contributed by atoms with Gasteiger partial charge in [0.05, 0.1) is 38.6 Å². The SMILES string of the molecule is CCOC(=O)C(C(=O)OCC)c1c(-c2ccccc2)[nH]c2cc(OC)c(OC)cc12. The van der Waals surface area contributed by atoms with E-state index in [4.69, 9.17) is 18.9 Å². The molecule has 1 N–H and O–H groups in total. The molecule has 2 aromatic carbocycles. The van der Waals surface area contributed by atoms with E-state index in [1.165, 1.54) is 7.11 Å². The molecule has 0 aliphatic heterocycles. The van der Waals surface area contributed by atoms with E-state index in [2.05, 4.69) is 4.98 Å². The van der Waals surface area contributed by atoms with Crippen LogP contribution in [0.1, 0.15) is 25.3 Å². The molecule has 30 heavy (non-hydrogen) atoms. The van der Waals surface area contributed by atoms with Gasteiger partial charge in [0.2, 0.25) is 0 Å². The lowest BCUT2D eigenvalue weighted by molar-refractivity contribution is -0.156. The normalized spacial score (nSPS) is 10.8. The first-order chi connectivity index (χ1) is 14.5. The van der Waals surface area contributed by atoms with Crippen LogP contribution in [0.5, 0.6) is 11.5 Å². The molecule has 3 rings (SSSR count). The topological polar surface area (TPSA) is 86.9 Å². The Kier molecular flexibility index (Phi) is 6.61. The first kappa shape index (κ1) is 21.2. The standard InChI is InChI=1S/C23H25NO6/c1-5-29-22(25)20(23(26)30-6-2)19-15-12-17(27-3)18(28-4)13-16(15)24-21(19)14-10-8-7-9-11-14/h7-13,20,24H,5-6H2,1-4H3. The van der Waals surface area contributed by atoms with E-state index in [-0.39, 0.29) is 13.2 Å². The number of nitrogens with one attached hydrogen (secondary N) is 1. The van der Waals surface area contributed by atoms with Crippen LogP contribution in [0, 0.1) is 0 Å². The molecule has 0 atom stereocenters. The molecular weight excluding hydrogens is 386 g/mol. The molecule has 7 nitrogen and oxygen atoms in total. The molecule has 0 aliphatic rings. The van der Waals surface area contributed by atoms with E-state index in [0.29, 0.717) is 33.7 Å². The summed E-state index contributed by atoms with van der Waals surface area (Å²) in [6, 6.07) is 13.0. The van der Waals surface area contributed by atoms with Crippen molar-refractivity contribution in [3.8, 4) is 22.8 Å². The second kappa shape index (κ2) is 9.35. The zero-order valence-electron chi connectivity index (χ0n) is 17.5. The summed E-state index contributed by atoms with van der Waals surface area (Å²) in [4.78, 5) is 29.1. The van der Waals surface area contributed by atoms with E-state index in [1.54, 1.807) is 33.1 Å². The summed E-state index contributed by atoms with van der Waals surface area (Å²) >= 11 is 0. The maximum Gasteiger partial charge on any atom is 0.324 e. The Hall–Kier alpha value is -3.48. The fourth-order valence-electron chi connectivity index (χ4n) is 3.46. The lowest BCUT2D eigenvalue weighted by Gasteiger charge is -2.16. The van der Waals surface area contributed by atoms with Gasteiger partial charge in [0, 0.05) is 17.0 Å². The second-order valence-corrected chi connectivity index (χ2v) is 6.47. The molecule has 0 fully saturated rings.